The van der Waals surface area contributed by atoms with E-state index in [-0.39, 0.29) is 12.3 Å². The molecular weight excluding hydrogens is 317 g/mol. The van der Waals surface area contributed by atoms with Gasteiger partial charge in [-0.05, 0) is 54.6 Å². The summed E-state index contributed by atoms with van der Waals surface area (Å²) in [6.07, 6.45) is 0.262. The third kappa shape index (κ3) is 3.88. The number of anilines is 2. The predicted molar refractivity (Wildman–Crippen MR) is 75.1 cm³/mol. The molecule has 0 heterocycles. The van der Waals surface area contributed by atoms with Gasteiger partial charge in [0.05, 0.1) is 11.4 Å². The molecule has 0 aliphatic rings. The van der Waals surface area contributed by atoms with E-state index >= 15 is 0 Å². The average molecular weight is 333 g/mol. The van der Waals surface area contributed by atoms with Crippen molar-refractivity contribution in [3.8, 4) is 0 Å². The van der Waals surface area contributed by atoms with Gasteiger partial charge in [-0.2, -0.15) is 0 Å². The van der Waals surface area contributed by atoms with E-state index in [1.165, 1.54) is 0 Å². The van der Waals surface area contributed by atoms with Crippen LogP contribution in [-0.4, -0.2) is 11.4 Å². The SMILES string of the molecule is CC(C)(CC(N)=O)Nc1ccc(I)cc1N. The normalized spacial score (nSPS) is 11.2. The Morgan fingerprint density at radius 3 is 2.62 bits per heavy atom. The molecule has 0 radical (unpaired) electrons. The number of halogens is 1. The van der Waals surface area contributed by atoms with Gasteiger partial charge in [-0.25, -0.2) is 0 Å². The molecule has 0 saturated heterocycles. The zero-order valence-corrected chi connectivity index (χ0v) is 11.5. The van der Waals surface area contributed by atoms with Gasteiger partial charge in [0.1, 0.15) is 0 Å². The highest BCUT2D eigenvalue weighted by Gasteiger charge is 2.20. The molecule has 5 N–H and O–H groups in total. The topological polar surface area (TPSA) is 81.1 Å². The molecule has 0 unspecified atom stereocenters. The molecule has 0 aliphatic carbocycles. The lowest BCUT2D eigenvalue weighted by Gasteiger charge is -2.27. The molecule has 1 amide bonds. The van der Waals surface area contributed by atoms with Crippen molar-refractivity contribution in [2.45, 2.75) is 25.8 Å². The Labute approximate surface area is 109 Å². The van der Waals surface area contributed by atoms with Gasteiger partial charge in [-0.15, -0.1) is 0 Å². The summed E-state index contributed by atoms with van der Waals surface area (Å²) >= 11 is 2.20. The van der Waals surface area contributed by atoms with Crippen molar-refractivity contribution in [1.29, 1.82) is 0 Å². The van der Waals surface area contributed by atoms with Crippen molar-refractivity contribution in [3.63, 3.8) is 0 Å². The molecule has 0 spiro atoms. The molecule has 16 heavy (non-hydrogen) atoms. The number of carbonyl (C=O) groups excluding carboxylic acids is 1. The number of benzene rings is 1. The number of hydrogen-bond donors (Lipinski definition) is 3. The maximum absolute atomic E-state index is 10.9. The van der Waals surface area contributed by atoms with Crippen LogP contribution in [0, 0.1) is 3.57 Å². The Balaban J connectivity index is 2.83. The van der Waals surface area contributed by atoms with Gasteiger partial charge in [0, 0.05) is 15.5 Å². The Morgan fingerprint density at radius 1 is 1.50 bits per heavy atom. The van der Waals surface area contributed by atoms with Crippen LogP contribution in [-0.2, 0) is 4.79 Å². The first-order chi connectivity index (χ1) is 7.30. The van der Waals surface area contributed by atoms with Crippen molar-refractivity contribution in [2.75, 3.05) is 11.1 Å². The van der Waals surface area contributed by atoms with Crippen molar-refractivity contribution >= 4 is 39.9 Å². The molecule has 1 aromatic rings. The fraction of sp³-hybridized carbons (Fsp3) is 0.364. The van der Waals surface area contributed by atoms with E-state index in [0.717, 1.165) is 9.26 Å². The molecule has 0 saturated carbocycles. The van der Waals surface area contributed by atoms with Crippen LogP contribution in [0.2, 0.25) is 0 Å². The van der Waals surface area contributed by atoms with Gasteiger partial charge in [0.25, 0.3) is 0 Å². The second-order valence-electron chi connectivity index (χ2n) is 4.38. The van der Waals surface area contributed by atoms with Gasteiger partial charge in [-0.1, -0.05) is 0 Å². The molecule has 0 fully saturated rings. The van der Waals surface area contributed by atoms with Gasteiger partial charge in [0.15, 0.2) is 0 Å². The zero-order chi connectivity index (χ0) is 12.3. The number of primary amides is 1. The van der Waals surface area contributed by atoms with Crippen LogP contribution in [0.3, 0.4) is 0 Å². The number of nitrogens with two attached hydrogens (primary N) is 2. The molecule has 1 rings (SSSR count). The van der Waals surface area contributed by atoms with Gasteiger partial charge >= 0.3 is 0 Å². The van der Waals surface area contributed by atoms with Gasteiger partial charge < -0.3 is 16.8 Å². The summed E-state index contributed by atoms with van der Waals surface area (Å²) in [4.78, 5) is 10.9. The Hall–Kier alpha value is -0.980. The van der Waals surface area contributed by atoms with E-state index in [2.05, 4.69) is 27.9 Å². The largest absolute Gasteiger partial charge is 0.397 e. The zero-order valence-electron chi connectivity index (χ0n) is 9.38. The number of carbonyl (C=O) groups is 1. The molecule has 1 aromatic carbocycles. The maximum atomic E-state index is 10.9. The van der Waals surface area contributed by atoms with E-state index in [0.29, 0.717) is 5.69 Å². The second kappa shape index (κ2) is 4.90. The summed E-state index contributed by atoms with van der Waals surface area (Å²) in [6, 6.07) is 5.74. The number of nitrogens with one attached hydrogen (secondary N) is 1. The van der Waals surface area contributed by atoms with Crippen LogP contribution in [0.15, 0.2) is 18.2 Å². The molecule has 5 heteroatoms. The lowest BCUT2D eigenvalue weighted by atomic mass is 9.99. The number of amides is 1. The number of hydrogen-bond acceptors (Lipinski definition) is 3. The second-order valence-corrected chi connectivity index (χ2v) is 5.63. The van der Waals surface area contributed by atoms with Crippen LogP contribution in [0.25, 0.3) is 0 Å². The van der Waals surface area contributed by atoms with E-state index < -0.39 is 5.54 Å². The van der Waals surface area contributed by atoms with Crippen LogP contribution >= 0.6 is 22.6 Å². The quantitative estimate of drug-likeness (QED) is 0.582. The summed E-state index contributed by atoms with van der Waals surface area (Å²) in [5.41, 5.74) is 12.2. The Bertz CT molecular complexity index is 404. The highest BCUT2D eigenvalue weighted by Crippen LogP contribution is 2.25. The van der Waals surface area contributed by atoms with Crippen LogP contribution in [0.1, 0.15) is 20.3 Å². The summed E-state index contributed by atoms with van der Waals surface area (Å²) in [7, 11) is 0. The average Bonchev–Trinajstić information content (AvgIpc) is 2.07. The first-order valence-electron chi connectivity index (χ1n) is 4.92. The van der Waals surface area contributed by atoms with E-state index in [1.807, 2.05) is 32.0 Å². The summed E-state index contributed by atoms with van der Waals surface area (Å²) in [5.74, 6) is -0.332. The van der Waals surface area contributed by atoms with E-state index in [1.54, 1.807) is 0 Å². The van der Waals surface area contributed by atoms with Crippen LogP contribution in [0.5, 0.6) is 0 Å². The lowest BCUT2D eigenvalue weighted by Crippen LogP contribution is -2.36. The minimum absolute atomic E-state index is 0.262. The predicted octanol–water partition coefficient (Wildman–Crippen LogP) is 1.94. The highest BCUT2D eigenvalue weighted by molar-refractivity contribution is 14.1. The molecule has 0 aromatic heterocycles. The van der Waals surface area contributed by atoms with Crippen molar-refractivity contribution in [2.24, 2.45) is 5.73 Å². The van der Waals surface area contributed by atoms with Crippen molar-refractivity contribution in [1.82, 2.24) is 0 Å². The van der Waals surface area contributed by atoms with Crippen molar-refractivity contribution < 1.29 is 4.79 Å². The van der Waals surface area contributed by atoms with Gasteiger partial charge in [-0.3, -0.25) is 4.79 Å². The third-order valence-corrected chi connectivity index (χ3v) is 2.77. The molecule has 88 valence electrons. The molecule has 4 nitrogen and oxygen atoms in total. The summed E-state index contributed by atoms with van der Waals surface area (Å²) < 4.78 is 1.08. The summed E-state index contributed by atoms with van der Waals surface area (Å²) in [5, 5.41) is 3.22. The van der Waals surface area contributed by atoms with Gasteiger partial charge in [0.2, 0.25) is 5.91 Å². The fourth-order valence-corrected chi connectivity index (χ4v) is 2.01. The number of nitrogen functional groups attached to an aromatic ring is 1. The minimum atomic E-state index is -0.396. The Kier molecular flexibility index (Phi) is 4.01. The highest BCUT2D eigenvalue weighted by atomic mass is 127. The first-order valence-corrected chi connectivity index (χ1v) is 5.99. The number of rotatable bonds is 4. The molecular formula is C11H16IN3O. The smallest absolute Gasteiger partial charge is 0.219 e. The van der Waals surface area contributed by atoms with E-state index in [9.17, 15) is 4.79 Å². The maximum Gasteiger partial charge on any atom is 0.219 e. The Morgan fingerprint density at radius 2 is 2.12 bits per heavy atom. The first kappa shape index (κ1) is 13.1. The lowest BCUT2D eigenvalue weighted by molar-refractivity contribution is -0.118. The fourth-order valence-electron chi connectivity index (χ4n) is 1.49. The standard InChI is InChI=1S/C11H16IN3O/c1-11(2,6-10(14)16)15-9-4-3-7(12)5-8(9)13/h3-5,15H,6,13H2,1-2H3,(H2,14,16). The minimum Gasteiger partial charge on any atom is -0.397 e. The van der Waals surface area contributed by atoms with Crippen molar-refractivity contribution in [3.05, 3.63) is 21.8 Å². The molecule has 0 atom stereocenters. The molecule has 0 aliphatic heterocycles. The summed E-state index contributed by atoms with van der Waals surface area (Å²) in [6.45, 7) is 3.82. The van der Waals surface area contributed by atoms with Crippen LogP contribution < -0.4 is 16.8 Å². The van der Waals surface area contributed by atoms with Crippen LogP contribution in [0.4, 0.5) is 11.4 Å². The monoisotopic (exact) mass is 333 g/mol. The third-order valence-electron chi connectivity index (χ3n) is 2.10. The molecule has 0 bridgehead atoms. The van der Waals surface area contributed by atoms with E-state index in [4.69, 9.17) is 11.5 Å².